The number of rotatable bonds is 8. The summed E-state index contributed by atoms with van der Waals surface area (Å²) in [6.07, 6.45) is 7.65. The first kappa shape index (κ1) is 13.4. The largest absolute Gasteiger partial charge is 0.468 e. The molecule has 0 radical (unpaired) electrons. The van der Waals surface area contributed by atoms with E-state index in [4.69, 9.17) is 4.74 Å². The van der Waals surface area contributed by atoms with Gasteiger partial charge in [0, 0.05) is 19.1 Å². The van der Waals surface area contributed by atoms with Gasteiger partial charge in [-0.2, -0.15) is 0 Å². The average molecular weight is 266 g/mol. The average Bonchev–Trinajstić information content (AvgIpc) is 3.30. The molecule has 4 nitrogen and oxygen atoms in total. The van der Waals surface area contributed by atoms with Gasteiger partial charge in [-0.1, -0.05) is 0 Å². The van der Waals surface area contributed by atoms with Gasteiger partial charge in [-0.25, -0.2) is 4.79 Å². The normalized spacial score (nSPS) is 26.3. The fourth-order valence-electron chi connectivity index (χ4n) is 3.24. The third kappa shape index (κ3) is 2.79. The minimum atomic E-state index is -0.466. The molecule has 0 saturated heterocycles. The zero-order valence-corrected chi connectivity index (χ0v) is 12.2. The van der Waals surface area contributed by atoms with Crippen LogP contribution in [0.25, 0.3) is 0 Å². The standard InChI is InChI=1S/C15H26N2O2/c1-16-15(12-5-6-12,14(18)19-2)10-17(13-7-8-13)9-11-3-4-11/h11-13,16H,3-10H2,1-2H3. The maximum absolute atomic E-state index is 12.3. The molecule has 3 aliphatic carbocycles. The maximum Gasteiger partial charge on any atom is 0.327 e. The van der Waals surface area contributed by atoms with Crippen LogP contribution in [0.1, 0.15) is 38.5 Å². The molecule has 0 aromatic rings. The molecule has 0 amide bonds. The van der Waals surface area contributed by atoms with E-state index in [2.05, 4.69) is 10.2 Å². The fourth-order valence-corrected chi connectivity index (χ4v) is 3.24. The van der Waals surface area contributed by atoms with Crippen LogP contribution in [-0.2, 0) is 9.53 Å². The van der Waals surface area contributed by atoms with Crippen molar-refractivity contribution in [1.29, 1.82) is 0 Å². The molecule has 19 heavy (non-hydrogen) atoms. The Balaban J connectivity index is 1.72. The molecule has 0 aliphatic heterocycles. The van der Waals surface area contributed by atoms with Crippen molar-refractivity contribution in [1.82, 2.24) is 10.2 Å². The Kier molecular flexibility index (Phi) is 3.56. The van der Waals surface area contributed by atoms with E-state index >= 15 is 0 Å². The fraction of sp³-hybridized carbons (Fsp3) is 0.933. The Bertz CT molecular complexity index is 348. The Morgan fingerprint density at radius 1 is 1.26 bits per heavy atom. The summed E-state index contributed by atoms with van der Waals surface area (Å²) in [5.74, 6) is 1.27. The van der Waals surface area contributed by atoms with Crippen LogP contribution in [0.15, 0.2) is 0 Å². The lowest BCUT2D eigenvalue weighted by Crippen LogP contribution is -2.60. The Labute approximate surface area is 115 Å². The van der Waals surface area contributed by atoms with E-state index in [-0.39, 0.29) is 5.97 Å². The topological polar surface area (TPSA) is 41.6 Å². The minimum absolute atomic E-state index is 0.0704. The van der Waals surface area contributed by atoms with Gasteiger partial charge in [-0.05, 0) is 57.4 Å². The first-order valence-corrected chi connectivity index (χ1v) is 7.71. The molecule has 0 heterocycles. The van der Waals surface area contributed by atoms with Crippen LogP contribution in [0.3, 0.4) is 0 Å². The minimum Gasteiger partial charge on any atom is -0.468 e. The number of nitrogens with zero attached hydrogens (tertiary/aromatic N) is 1. The smallest absolute Gasteiger partial charge is 0.327 e. The molecule has 0 aromatic carbocycles. The van der Waals surface area contributed by atoms with E-state index in [9.17, 15) is 4.79 Å². The molecule has 0 bridgehead atoms. The van der Waals surface area contributed by atoms with Crippen molar-refractivity contribution >= 4 is 5.97 Å². The third-order valence-corrected chi connectivity index (χ3v) is 4.98. The Morgan fingerprint density at radius 3 is 2.37 bits per heavy atom. The van der Waals surface area contributed by atoms with E-state index < -0.39 is 5.54 Å². The van der Waals surface area contributed by atoms with Gasteiger partial charge < -0.3 is 10.1 Å². The summed E-state index contributed by atoms with van der Waals surface area (Å²) < 4.78 is 5.10. The number of esters is 1. The molecular formula is C15H26N2O2. The van der Waals surface area contributed by atoms with Gasteiger partial charge in [-0.3, -0.25) is 4.90 Å². The molecule has 3 rings (SSSR count). The predicted molar refractivity (Wildman–Crippen MR) is 73.8 cm³/mol. The molecule has 1 unspecified atom stereocenters. The number of nitrogens with one attached hydrogen (secondary N) is 1. The molecule has 1 atom stereocenters. The van der Waals surface area contributed by atoms with E-state index in [1.807, 2.05) is 7.05 Å². The van der Waals surface area contributed by atoms with Crippen LogP contribution in [0.2, 0.25) is 0 Å². The first-order valence-electron chi connectivity index (χ1n) is 7.71. The molecule has 3 fully saturated rings. The van der Waals surface area contributed by atoms with Gasteiger partial charge >= 0.3 is 5.97 Å². The van der Waals surface area contributed by atoms with Gasteiger partial charge in [0.05, 0.1) is 7.11 Å². The van der Waals surface area contributed by atoms with Crippen molar-refractivity contribution in [3.05, 3.63) is 0 Å². The second-order valence-electron chi connectivity index (χ2n) is 6.59. The molecule has 0 aromatic heterocycles. The first-order chi connectivity index (χ1) is 9.19. The zero-order chi connectivity index (χ0) is 13.5. The number of carbonyl (C=O) groups excluding carboxylic acids is 1. The van der Waals surface area contributed by atoms with Gasteiger partial charge in [-0.15, -0.1) is 0 Å². The van der Waals surface area contributed by atoms with E-state index in [0.717, 1.165) is 31.3 Å². The van der Waals surface area contributed by atoms with Gasteiger partial charge in [0.1, 0.15) is 5.54 Å². The number of methoxy groups -OCH3 is 1. The van der Waals surface area contributed by atoms with Gasteiger partial charge in [0.25, 0.3) is 0 Å². The summed E-state index contributed by atoms with van der Waals surface area (Å²) >= 11 is 0. The number of hydrogen-bond acceptors (Lipinski definition) is 4. The van der Waals surface area contributed by atoms with Gasteiger partial charge in [0.15, 0.2) is 0 Å². The molecular weight excluding hydrogens is 240 g/mol. The number of carbonyl (C=O) groups is 1. The summed E-state index contributed by atoms with van der Waals surface area (Å²) in [4.78, 5) is 14.9. The monoisotopic (exact) mass is 266 g/mol. The van der Waals surface area contributed by atoms with Crippen LogP contribution in [0.4, 0.5) is 0 Å². The molecule has 3 saturated carbocycles. The van der Waals surface area contributed by atoms with Crippen LogP contribution in [0.5, 0.6) is 0 Å². The van der Waals surface area contributed by atoms with Crippen molar-refractivity contribution in [3.8, 4) is 0 Å². The van der Waals surface area contributed by atoms with Crippen molar-refractivity contribution in [2.75, 3.05) is 27.2 Å². The quantitative estimate of drug-likeness (QED) is 0.674. The van der Waals surface area contributed by atoms with Crippen LogP contribution in [-0.4, -0.2) is 49.7 Å². The Morgan fingerprint density at radius 2 is 1.95 bits per heavy atom. The highest BCUT2D eigenvalue weighted by Gasteiger charge is 2.53. The molecule has 4 heteroatoms. The summed E-state index contributed by atoms with van der Waals surface area (Å²) in [5.41, 5.74) is -0.466. The van der Waals surface area contributed by atoms with E-state index in [0.29, 0.717) is 5.92 Å². The highest BCUT2D eigenvalue weighted by molar-refractivity contribution is 5.82. The maximum atomic E-state index is 12.3. The summed E-state index contributed by atoms with van der Waals surface area (Å²) in [7, 11) is 3.43. The number of ether oxygens (including phenoxy) is 1. The van der Waals surface area contributed by atoms with Crippen LogP contribution in [0, 0.1) is 11.8 Å². The van der Waals surface area contributed by atoms with Crippen molar-refractivity contribution in [3.63, 3.8) is 0 Å². The molecule has 3 aliphatic rings. The third-order valence-electron chi connectivity index (χ3n) is 4.98. The van der Waals surface area contributed by atoms with Crippen LogP contribution >= 0.6 is 0 Å². The van der Waals surface area contributed by atoms with E-state index in [1.54, 1.807) is 0 Å². The summed E-state index contributed by atoms with van der Waals surface area (Å²) in [5, 5.41) is 3.32. The lowest BCUT2D eigenvalue weighted by molar-refractivity contribution is -0.150. The second-order valence-corrected chi connectivity index (χ2v) is 6.59. The molecule has 0 spiro atoms. The Hall–Kier alpha value is -0.610. The van der Waals surface area contributed by atoms with E-state index in [1.165, 1.54) is 39.3 Å². The SMILES string of the molecule is CNC(CN(CC1CC1)C1CC1)(C(=O)OC)C1CC1. The highest BCUT2D eigenvalue weighted by atomic mass is 16.5. The number of hydrogen-bond donors (Lipinski definition) is 1. The second kappa shape index (κ2) is 5.06. The zero-order valence-electron chi connectivity index (χ0n) is 12.2. The highest BCUT2D eigenvalue weighted by Crippen LogP contribution is 2.43. The lowest BCUT2D eigenvalue weighted by atomic mass is 9.92. The van der Waals surface area contributed by atoms with Crippen molar-refractivity contribution < 1.29 is 9.53 Å². The molecule has 1 N–H and O–H groups in total. The number of likely N-dealkylation sites (N-methyl/N-ethyl adjacent to an activating group) is 1. The summed E-state index contributed by atoms with van der Waals surface area (Å²) in [6.45, 7) is 2.01. The van der Waals surface area contributed by atoms with Crippen molar-refractivity contribution in [2.24, 2.45) is 11.8 Å². The summed E-state index contributed by atoms with van der Waals surface area (Å²) in [6, 6.07) is 0.719. The van der Waals surface area contributed by atoms with Gasteiger partial charge in [0.2, 0.25) is 0 Å². The van der Waals surface area contributed by atoms with Crippen molar-refractivity contribution in [2.45, 2.75) is 50.1 Å². The predicted octanol–water partition coefficient (Wildman–Crippen LogP) is 1.40. The molecule has 108 valence electrons. The van der Waals surface area contributed by atoms with Crippen LogP contribution < -0.4 is 5.32 Å². The lowest BCUT2D eigenvalue weighted by Gasteiger charge is -2.36.